The first kappa shape index (κ1) is 18.3. The van der Waals surface area contributed by atoms with Gasteiger partial charge < -0.3 is 4.74 Å². The van der Waals surface area contributed by atoms with Gasteiger partial charge in [-0.25, -0.2) is 10.4 Å². The topological polar surface area (TPSA) is 120 Å². The van der Waals surface area contributed by atoms with Crippen molar-refractivity contribution in [2.45, 2.75) is 12.1 Å². The Morgan fingerprint density at radius 2 is 2.12 bits per heavy atom. The number of carbonyl (C=O) groups is 1. The molecule has 0 atom stereocenters. The van der Waals surface area contributed by atoms with Crippen molar-refractivity contribution in [3.63, 3.8) is 0 Å². The van der Waals surface area contributed by atoms with Gasteiger partial charge >= 0.3 is 0 Å². The molecule has 1 aromatic carbocycles. The van der Waals surface area contributed by atoms with Crippen LogP contribution in [0.25, 0.3) is 0 Å². The fourth-order valence-electron chi connectivity index (χ4n) is 1.71. The van der Waals surface area contributed by atoms with E-state index >= 15 is 0 Å². The highest BCUT2D eigenvalue weighted by molar-refractivity contribution is 7.98. The quantitative estimate of drug-likeness (QED) is 0.263. The van der Waals surface area contributed by atoms with Crippen LogP contribution in [-0.4, -0.2) is 39.9 Å². The van der Waals surface area contributed by atoms with Crippen LogP contribution in [0.5, 0.6) is 5.88 Å². The second-order valence-corrected chi connectivity index (χ2v) is 5.54. The lowest BCUT2D eigenvalue weighted by Crippen LogP contribution is -2.24. The molecular formula is C15H15N5O4S. The number of aromatic nitrogens is 2. The van der Waals surface area contributed by atoms with Crippen LogP contribution in [0, 0.1) is 17.0 Å². The summed E-state index contributed by atoms with van der Waals surface area (Å²) in [6, 6.07) is 7.39. The summed E-state index contributed by atoms with van der Waals surface area (Å²) in [6.45, 7) is 1.56. The van der Waals surface area contributed by atoms with Crippen molar-refractivity contribution in [3.8, 4) is 5.88 Å². The Labute approximate surface area is 147 Å². The van der Waals surface area contributed by atoms with Gasteiger partial charge in [-0.15, -0.1) is 0 Å². The Morgan fingerprint density at radius 3 is 2.76 bits per heavy atom. The van der Waals surface area contributed by atoms with E-state index in [0.29, 0.717) is 16.6 Å². The Morgan fingerprint density at radius 1 is 1.40 bits per heavy atom. The maximum absolute atomic E-state index is 11.7. The minimum absolute atomic E-state index is 0.0145. The van der Waals surface area contributed by atoms with E-state index in [4.69, 9.17) is 4.74 Å². The molecule has 2 rings (SSSR count). The van der Waals surface area contributed by atoms with Crippen LogP contribution in [0.2, 0.25) is 0 Å². The standard InChI is InChI=1S/C15H15N5O4S/c1-10-7-14(18-15(17-10)25-2)24-9-13(21)19-16-8-11-3-5-12(6-4-11)20(22)23/h3-8H,9H2,1-2H3,(H,19,21). The van der Waals surface area contributed by atoms with E-state index in [9.17, 15) is 14.9 Å². The number of hydrazone groups is 1. The molecule has 0 aliphatic rings. The van der Waals surface area contributed by atoms with Gasteiger partial charge in [-0.2, -0.15) is 10.1 Å². The number of aryl methyl sites for hydroxylation is 1. The second kappa shape index (κ2) is 8.73. The predicted molar refractivity (Wildman–Crippen MR) is 92.9 cm³/mol. The SMILES string of the molecule is CSc1nc(C)cc(OCC(=O)NN=Cc2ccc([N+](=O)[O-])cc2)n1. The number of nitro groups is 1. The molecule has 130 valence electrons. The van der Waals surface area contributed by atoms with Gasteiger partial charge in [0.2, 0.25) is 5.88 Å². The second-order valence-electron chi connectivity index (χ2n) is 4.76. The molecule has 0 aliphatic carbocycles. The van der Waals surface area contributed by atoms with Crippen LogP contribution in [0.3, 0.4) is 0 Å². The van der Waals surface area contributed by atoms with Gasteiger partial charge in [0.15, 0.2) is 11.8 Å². The van der Waals surface area contributed by atoms with Gasteiger partial charge in [0.05, 0.1) is 11.1 Å². The third-order valence-corrected chi connectivity index (χ3v) is 3.40. The van der Waals surface area contributed by atoms with Crippen molar-refractivity contribution in [3.05, 3.63) is 51.7 Å². The summed E-state index contributed by atoms with van der Waals surface area (Å²) < 4.78 is 5.31. The monoisotopic (exact) mass is 361 g/mol. The summed E-state index contributed by atoms with van der Waals surface area (Å²) in [5.74, 6) is -0.147. The Bertz CT molecular complexity index is 795. The number of hydrogen-bond donors (Lipinski definition) is 1. The highest BCUT2D eigenvalue weighted by atomic mass is 32.2. The van der Waals surface area contributed by atoms with Gasteiger partial charge in [-0.05, 0) is 30.9 Å². The fraction of sp³-hybridized carbons (Fsp3) is 0.200. The third-order valence-electron chi connectivity index (χ3n) is 2.85. The van der Waals surface area contributed by atoms with Gasteiger partial charge in [-0.3, -0.25) is 14.9 Å². The average molecular weight is 361 g/mol. The van der Waals surface area contributed by atoms with Gasteiger partial charge in [0, 0.05) is 23.9 Å². The largest absolute Gasteiger partial charge is 0.467 e. The summed E-state index contributed by atoms with van der Waals surface area (Å²) in [6.07, 6.45) is 3.22. The van der Waals surface area contributed by atoms with Crippen molar-refractivity contribution in [1.82, 2.24) is 15.4 Å². The Kier molecular flexibility index (Phi) is 6.40. The van der Waals surface area contributed by atoms with E-state index < -0.39 is 10.8 Å². The minimum atomic E-state index is -0.489. The average Bonchev–Trinajstić information content (AvgIpc) is 2.60. The molecule has 0 saturated heterocycles. The number of non-ortho nitro benzene ring substituents is 1. The Balaban J connectivity index is 1.84. The molecule has 0 spiro atoms. The maximum atomic E-state index is 11.7. The summed E-state index contributed by atoms with van der Waals surface area (Å²) in [5.41, 5.74) is 3.65. The molecule has 0 bridgehead atoms. The van der Waals surface area contributed by atoms with Crippen LogP contribution in [0.4, 0.5) is 5.69 Å². The van der Waals surface area contributed by atoms with Crippen molar-refractivity contribution >= 4 is 29.6 Å². The van der Waals surface area contributed by atoms with Gasteiger partial charge in [-0.1, -0.05) is 11.8 Å². The molecule has 0 saturated carbocycles. The lowest BCUT2D eigenvalue weighted by atomic mass is 10.2. The molecule has 1 N–H and O–H groups in total. The van der Waals surface area contributed by atoms with E-state index in [1.54, 1.807) is 6.07 Å². The summed E-state index contributed by atoms with van der Waals surface area (Å²) in [7, 11) is 0. The number of benzene rings is 1. The third kappa shape index (κ3) is 5.84. The molecule has 25 heavy (non-hydrogen) atoms. The number of ether oxygens (including phenoxy) is 1. The number of carbonyl (C=O) groups excluding carboxylic acids is 1. The number of nitro benzene ring substituents is 1. The molecule has 0 unspecified atom stereocenters. The van der Waals surface area contributed by atoms with Crippen LogP contribution >= 0.6 is 11.8 Å². The number of rotatable bonds is 7. The van der Waals surface area contributed by atoms with Crippen molar-refractivity contribution in [1.29, 1.82) is 0 Å². The molecule has 9 nitrogen and oxygen atoms in total. The normalized spacial score (nSPS) is 10.6. The maximum Gasteiger partial charge on any atom is 0.278 e. The van der Waals surface area contributed by atoms with Crippen LogP contribution in [-0.2, 0) is 4.79 Å². The van der Waals surface area contributed by atoms with Crippen LogP contribution in [0.15, 0.2) is 40.6 Å². The summed E-state index contributed by atoms with van der Waals surface area (Å²) >= 11 is 1.38. The highest BCUT2D eigenvalue weighted by Crippen LogP contribution is 2.15. The molecule has 0 fully saturated rings. The number of nitrogens with one attached hydrogen (secondary N) is 1. The molecule has 0 radical (unpaired) electrons. The first-order valence-corrected chi connectivity index (χ1v) is 8.29. The molecule has 10 heteroatoms. The molecule has 1 heterocycles. The zero-order valence-corrected chi connectivity index (χ0v) is 14.3. The van der Waals surface area contributed by atoms with Crippen molar-refractivity contribution in [2.75, 3.05) is 12.9 Å². The molecule has 1 amide bonds. The van der Waals surface area contributed by atoms with E-state index in [-0.39, 0.29) is 12.3 Å². The highest BCUT2D eigenvalue weighted by Gasteiger charge is 2.06. The van der Waals surface area contributed by atoms with E-state index in [0.717, 1.165) is 5.69 Å². The van der Waals surface area contributed by atoms with E-state index in [1.165, 1.54) is 42.2 Å². The van der Waals surface area contributed by atoms with Gasteiger partial charge in [0.1, 0.15) is 0 Å². The van der Waals surface area contributed by atoms with Crippen molar-refractivity contribution in [2.24, 2.45) is 5.10 Å². The number of nitrogens with zero attached hydrogens (tertiary/aromatic N) is 4. The first-order chi connectivity index (χ1) is 12.0. The van der Waals surface area contributed by atoms with Crippen LogP contribution < -0.4 is 10.2 Å². The number of thioether (sulfide) groups is 1. The predicted octanol–water partition coefficient (Wildman–Crippen LogP) is 1.94. The first-order valence-electron chi connectivity index (χ1n) is 7.07. The molecule has 2 aromatic rings. The van der Waals surface area contributed by atoms with E-state index in [2.05, 4.69) is 20.5 Å². The molecular weight excluding hydrogens is 346 g/mol. The van der Waals surface area contributed by atoms with Crippen LogP contribution in [0.1, 0.15) is 11.3 Å². The minimum Gasteiger partial charge on any atom is -0.467 e. The fourth-order valence-corrected chi connectivity index (χ4v) is 2.13. The summed E-state index contributed by atoms with van der Waals surface area (Å²) in [4.78, 5) is 30.1. The van der Waals surface area contributed by atoms with Crippen molar-refractivity contribution < 1.29 is 14.5 Å². The van der Waals surface area contributed by atoms with Gasteiger partial charge in [0.25, 0.3) is 11.6 Å². The number of amides is 1. The molecule has 0 aliphatic heterocycles. The zero-order valence-electron chi connectivity index (χ0n) is 13.5. The van der Waals surface area contributed by atoms with E-state index in [1.807, 2.05) is 13.2 Å². The number of hydrogen-bond acceptors (Lipinski definition) is 8. The Hall–Kier alpha value is -3.01. The smallest absolute Gasteiger partial charge is 0.278 e. The molecule has 1 aromatic heterocycles. The lowest BCUT2D eigenvalue weighted by molar-refractivity contribution is -0.384. The summed E-state index contributed by atoms with van der Waals surface area (Å²) in [5, 5.41) is 14.9. The lowest BCUT2D eigenvalue weighted by Gasteiger charge is -2.06. The zero-order chi connectivity index (χ0) is 18.2.